The number of hydrogen-bond donors (Lipinski definition) is 0. The van der Waals surface area contributed by atoms with E-state index in [4.69, 9.17) is 0 Å². The molecule has 3 rings (SSSR count). The lowest BCUT2D eigenvalue weighted by atomic mass is 10.2. The van der Waals surface area contributed by atoms with Crippen molar-refractivity contribution in [1.29, 1.82) is 0 Å². The highest BCUT2D eigenvalue weighted by molar-refractivity contribution is 7.84. The maximum atomic E-state index is 12.9. The molecule has 0 amide bonds. The van der Waals surface area contributed by atoms with Crippen LogP contribution >= 0.6 is 0 Å². The Labute approximate surface area is 118 Å². The molecule has 0 unspecified atom stereocenters. The number of hydrogen-bond acceptors (Lipinski definition) is 4. The summed E-state index contributed by atoms with van der Waals surface area (Å²) in [5.74, 6) is 0.700. The van der Waals surface area contributed by atoms with E-state index in [1.54, 1.807) is 16.8 Å². The van der Waals surface area contributed by atoms with Gasteiger partial charge in [0.1, 0.15) is 5.82 Å². The van der Waals surface area contributed by atoms with Gasteiger partial charge in [-0.05, 0) is 47.9 Å². The summed E-state index contributed by atoms with van der Waals surface area (Å²) in [6, 6.07) is 6.48. The molecule has 0 N–H and O–H groups in total. The Morgan fingerprint density at radius 1 is 1.40 bits per heavy atom. The first-order chi connectivity index (χ1) is 9.65. The van der Waals surface area contributed by atoms with Crippen molar-refractivity contribution in [3.8, 4) is 0 Å². The summed E-state index contributed by atoms with van der Waals surface area (Å²) < 4.78 is 27.1. The normalized spacial score (nSPS) is 17.9. The van der Waals surface area contributed by atoms with Crippen LogP contribution in [0.25, 0.3) is 0 Å². The van der Waals surface area contributed by atoms with Crippen molar-refractivity contribution in [3.63, 3.8) is 0 Å². The quantitative estimate of drug-likeness (QED) is 0.848. The molecule has 2 atom stereocenters. The van der Waals surface area contributed by atoms with E-state index in [9.17, 15) is 8.60 Å². The highest BCUT2D eigenvalue weighted by Crippen LogP contribution is 2.35. The molecular formula is C13H15FN4OS. The molecule has 0 aliphatic heterocycles. The standard InChI is InChI=1S/C13H15FN4OS/c1-9(10-2-4-11(14)5-3-10)20(19)8-13-15-16-17-18(13)12-6-7-12/h2-5,9,12H,6-8H2,1H3/t9-,20-/m0/s1. The second-order valence-electron chi connectivity index (χ2n) is 4.99. The van der Waals surface area contributed by atoms with Crippen LogP contribution in [0.4, 0.5) is 4.39 Å². The zero-order chi connectivity index (χ0) is 14.1. The first-order valence-electron chi connectivity index (χ1n) is 6.54. The Morgan fingerprint density at radius 3 is 2.75 bits per heavy atom. The predicted octanol–water partition coefficient (Wildman–Crippen LogP) is 2.16. The molecule has 1 aromatic heterocycles. The van der Waals surface area contributed by atoms with E-state index in [1.807, 2.05) is 6.92 Å². The molecule has 5 nitrogen and oxygen atoms in total. The van der Waals surface area contributed by atoms with Crippen molar-refractivity contribution in [2.24, 2.45) is 0 Å². The van der Waals surface area contributed by atoms with Crippen LogP contribution in [-0.2, 0) is 16.6 Å². The number of tetrazole rings is 1. The summed E-state index contributed by atoms with van der Waals surface area (Å²) in [6.45, 7) is 1.87. The maximum absolute atomic E-state index is 12.9. The Hall–Kier alpha value is -1.63. The van der Waals surface area contributed by atoms with Gasteiger partial charge in [-0.2, -0.15) is 0 Å². The molecular weight excluding hydrogens is 279 g/mol. The van der Waals surface area contributed by atoms with E-state index in [2.05, 4.69) is 15.5 Å². The highest BCUT2D eigenvalue weighted by atomic mass is 32.2. The van der Waals surface area contributed by atoms with Crippen LogP contribution in [0.2, 0.25) is 0 Å². The van der Waals surface area contributed by atoms with Gasteiger partial charge in [0, 0.05) is 10.8 Å². The molecule has 7 heteroatoms. The molecule has 1 saturated carbocycles. The fourth-order valence-electron chi connectivity index (χ4n) is 2.05. The number of aromatic nitrogens is 4. The van der Waals surface area contributed by atoms with Crippen LogP contribution in [0, 0.1) is 5.82 Å². The van der Waals surface area contributed by atoms with Crippen molar-refractivity contribution in [3.05, 3.63) is 41.5 Å². The summed E-state index contributed by atoms with van der Waals surface area (Å²) in [7, 11) is -1.14. The van der Waals surface area contributed by atoms with Gasteiger partial charge in [0.05, 0.1) is 17.0 Å². The molecule has 2 aromatic rings. The van der Waals surface area contributed by atoms with E-state index >= 15 is 0 Å². The predicted molar refractivity (Wildman–Crippen MR) is 72.7 cm³/mol. The Bertz CT molecular complexity index is 624. The zero-order valence-electron chi connectivity index (χ0n) is 11.1. The summed E-state index contributed by atoms with van der Waals surface area (Å²) in [5, 5.41) is 11.4. The third kappa shape index (κ3) is 2.77. The third-order valence-corrected chi connectivity index (χ3v) is 5.06. The Balaban J connectivity index is 1.72. The van der Waals surface area contributed by atoms with Crippen LogP contribution in [0.5, 0.6) is 0 Å². The van der Waals surface area contributed by atoms with Gasteiger partial charge in [0.25, 0.3) is 0 Å². The van der Waals surface area contributed by atoms with Gasteiger partial charge in [-0.3, -0.25) is 4.21 Å². The van der Waals surface area contributed by atoms with Crippen LogP contribution in [0.1, 0.15) is 42.4 Å². The lowest BCUT2D eigenvalue weighted by molar-refractivity contribution is 0.590. The summed E-state index contributed by atoms with van der Waals surface area (Å²) in [6.07, 6.45) is 2.16. The van der Waals surface area contributed by atoms with Gasteiger partial charge in [0.15, 0.2) is 5.82 Å². The Morgan fingerprint density at radius 2 is 2.10 bits per heavy atom. The minimum absolute atomic E-state index is 0.181. The van der Waals surface area contributed by atoms with Gasteiger partial charge >= 0.3 is 0 Å². The first kappa shape index (κ1) is 13.4. The fourth-order valence-corrected chi connectivity index (χ4v) is 3.20. The van der Waals surface area contributed by atoms with Gasteiger partial charge < -0.3 is 0 Å². The second-order valence-corrected chi connectivity index (χ2v) is 6.75. The van der Waals surface area contributed by atoms with E-state index in [-0.39, 0.29) is 11.1 Å². The van der Waals surface area contributed by atoms with Crippen molar-refractivity contribution in [2.75, 3.05) is 0 Å². The largest absolute Gasteiger partial charge is 0.258 e. The topological polar surface area (TPSA) is 60.7 Å². The number of nitrogens with zero attached hydrogens (tertiary/aromatic N) is 4. The molecule has 106 valence electrons. The average molecular weight is 294 g/mol. The summed E-state index contributed by atoms with van der Waals surface area (Å²) >= 11 is 0. The number of rotatable bonds is 5. The smallest absolute Gasteiger partial charge is 0.164 e. The van der Waals surface area contributed by atoms with Crippen LogP contribution in [-0.4, -0.2) is 24.4 Å². The molecule has 0 radical (unpaired) electrons. The van der Waals surface area contributed by atoms with Crippen LogP contribution in [0.3, 0.4) is 0 Å². The minimum Gasteiger partial charge on any atom is -0.258 e. The Kier molecular flexibility index (Phi) is 3.60. The van der Waals surface area contributed by atoms with E-state index in [0.29, 0.717) is 17.6 Å². The summed E-state index contributed by atoms with van der Waals surface area (Å²) in [4.78, 5) is 0. The maximum Gasteiger partial charge on any atom is 0.164 e. The van der Waals surface area contributed by atoms with Gasteiger partial charge in [0.2, 0.25) is 0 Å². The molecule has 0 saturated heterocycles. The lowest BCUT2D eigenvalue weighted by Crippen LogP contribution is -2.11. The number of halogens is 1. The number of benzene rings is 1. The average Bonchev–Trinajstić information content (AvgIpc) is 3.19. The van der Waals surface area contributed by atoms with E-state index < -0.39 is 10.8 Å². The zero-order valence-corrected chi connectivity index (χ0v) is 11.9. The fraction of sp³-hybridized carbons (Fsp3) is 0.462. The van der Waals surface area contributed by atoms with Crippen molar-refractivity contribution in [2.45, 2.75) is 36.8 Å². The van der Waals surface area contributed by atoms with Crippen molar-refractivity contribution < 1.29 is 8.60 Å². The van der Waals surface area contributed by atoms with Crippen molar-refractivity contribution >= 4 is 10.8 Å². The van der Waals surface area contributed by atoms with Gasteiger partial charge in [-0.1, -0.05) is 12.1 Å². The SMILES string of the molecule is C[C@@H](c1ccc(F)cc1)[S@@](=O)Cc1nnnn1C1CC1. The molecule has 0 spiro atoms. The van der Waals surface area contributed by atoms with Crippen LogP contribution in [0.15, 0.2) is 24.3 Å². The minimum atomic E-state index is -1.14. The molecule has 1 fully saturated rings. The lowest BCUT2D eigenvalue weighted by Gasteiger charge is -2.11. The van der Waals surface area contributed by atoms with E-state index in [1.165, 1.54) is 12.1 Å². The second kappa shape index (κ2) is 5.40. The molecule has 20 heavy (non-hydrogen) atoms. The third-order valence-electron chi connectivity index (χ3n) is 3.46. The van der Waals surface area contributed by atoms with Crippen molar-refractivity contribution in [1.82, 2.24) is 20.2 Å². The highest BCUT2D eigenvalue weighted by Gasteiger charge is 2.28. The summed E-state index contributed by atoms with van der Waals surface area (Å²) in [5.41, 5.74) is 0.857. The van der Waals surface area contributed by atoms with Gasteiger partial charge in [-0.15, -0.1) is 5.10 Å². The molecule has 1 aliphatic carbocycles. The van der Waals surface area contributed by atoms with Crippen LogP contribution < -0.4 is 0 Å². The molecule has 1 heterocycles. The monoisotopic (exact) mass is 294 g/mol. The molecule has 1 aliphatic rings. The molecule has 0 bridgehead atoms. The van der Waals surface area contributed by atoms with Gasteiger partial charge in [-0.25, -0.2) is 9.07 Å². The first-order valence-corrected chi connectivity index (χ1v) is 7.92. The van der Waals surface area contributed by atoms with E-state index in [0.717, 1.165) is 18.4 Å². The molecule has 1 aromatic carbocycles.